The van der Waals surface area contributed by atoms with E-state index in [0.29, 0.717) is 12.1 Å². The number of non-ortho nitro benzene ring substituents is 3. The summed E-state index contributed by atoms with van der Waals surface area (Å²) in [6.45, 7) is 19.2. The highest BCUT2D eigenvalue weighted by Gasteiger charge is 2.33. The Morgan fingerprint density at radius 1 is 0.461 bits per heavy atom. The number of nitro groups is 6. The number of nitrogens with zero attached hydrogens (tertiary/aromatic N) is 6. The molecule has 0 amide bonds. The van der Waals surface area contributed by atoms with Gasteiger partial charge < -0.3 is 67.4 Å². The van der Waals surface area contributed by atoms with E-state index in [1.807, 2.05) is 60.7 Å². The van der Waals surface area contributed by atoms with Crippen LogP contribution in [0.4, 0.5) is 34.1 Å². The van der Waals surface area contributed by atoms with Crippen LogP contribution in [0.1, 0.15) is 94.2 Å². The molecule has 0 aliphatic heterocycles. The summed E-state index contributed by atoms with van der Waals surface area (Å²) in [5, 5.41) is 87.5. The number of rotatable bonds is 34. The minimum atomic E-state index is -4.01. The molecule has 0 saturated carbocycles. The van der Waals surface area contributed by atoms with Crippen molar-refractivity contribution < 1.29 is 138 Å². The first kappa shape index (κ1) is 113. The quantitative estimate of drug-likeness (QED) is 0.00382. The van der Waals surface area contributed by atoms with E-state index in [-0.39, 0.29) is 79.3 Å². The van der Waals surface area contributed by atoms with Crippen molar-refractivity contribution >= 4 is 134 Å². The molecule has 0 saturated heterocycles. The lowest BCUT2D eigenvalue weighted by molar-refractivity contribution is -0.395. The molecule has 45 nitrogen and oxygen atoms in total. The first-order valence-corrected chi connectivity index (χ1v) is 40.8. The number of nitro benzene ring substituents is 6. The lowest BCUT2D eigenvalue weighted by atomic mass is 10.2. The maximum Gasteiger partial charge on any atom is 0.408 e. The van der Waals surface area contributed by atoms with Crippen LogP contribution in [0.2, 0.25) is 0 Å². The molecule has 0 heterocycles. The zero-order chi connectivity index (χ0) is 88.6. The number of benzene rings is 5. The zero-order valence-corrected chi connectivity index (χ0v) is 71.1. The van der Waals surface area contributed by atoms with Gasteiger partial charge in [-0.1, -0.05) is 72.3 Å². The van der Waals surface area contributed by atoms with Crippen molar-refractivity contribution in [3.63, 3.8) is 0 Å². The molecule has 0 aliphatic rings. The molecular formula is C62H92Cl4N10O35P4. The molecule has 0 bridgehead atoms. The SMILES string of the molecule is CC(C)OC(=O)[C@H](C)N.COP(=O)(Cl)Cl.COP(=O)(N[C@@H](C)C(=O)OC(C)C)OCOc1ccc([N+](=O)[O-])cc1[N+](=O)[O-].COP(=O)(N[C@@H](C)C(=O)OC(C)C)OCc1ccccc1.COP(=O)(O)N[C@@H](C)C(=O)OC(C)C.Cl.O=[N+]([O-])c1ccc(O)c([N+](=O)[O-])c1.O=[N+]([O-])c1ccc(OCCl)c([N+](=O)[O-])c1.OCc1ccccc1. The maximum absolute atomic E-state index is 12.5. The van der Waals surface area contributed by atoms with Gasteiger partial charge in [0.25, 0.3) is 17.1 Å². The summed E-state index contributed by atoms with van der Waals surface area (Å²) < 4.78 is 103. The fraction of sp³-hybridized carbons (Fsp3) is 0.452. The highest BCUT2D eigenvalue weighted by molar-refractivity contribution is 8.05. The van der Waals surface area contributed by atoms with Crippen molar-refractivity contribution in [1.29, 1.82) is 0 Å². The van der Waals surface area contributed by atoms with E-state index in [2.05, 4.69) is 24.3 Å². The summed E-state index contributed by atoms with van der Waals surface area (Å²) in [7, 11) is -6.88. The van der Waals surface area contributed by atoms with Crippen molar-refractivity contribution in [1.82, 2.24) is 15.3 Å². The summed E-state index contributed by atoms with van der Waals surface area (Å²) >= 11 is 14.9. The summed E-state index contributed by atoms with van der Waals surface area (Å²) in [6.07, 6.45) is -4.15. The number of nitrogens with two attached hydrogens (primary N) is 1. The summed E-state index contributed by atoms with van der Waals surface area (Å²) in [4.78, 5) is 112. The first-order valence-electron chi connectivity index (χ1n) is 32.2. The molecule has 115 heavy (non-hydrogen) atoms. The van der Waals surface area contributed by atoms with E-state index in [4.69, 9.17) is 101 Å². The number of carbonyl (C=O) groups is 4. The predicted molar refractivity (Wildman–Crippen MR) is 418 cm³/mol. The Morgan fingerprint density at radius 3 is 1.07 bits per heavy atom. The summed E-state index contributed by atoms with van der Waals surface area (Å²) in [5.41, 5.74) is 3.91. The van der Waals surface area contributed by atoms with Crippen molar-refractivity contribution in [2.24, 2.45) is 5.73 Å². The van der Waals surface area contributed by atoms with E-state index in [9.17, 15) is 98.1 Å². The van der Waals surface area contributed by atoms with Gasteiger partial charge in [0.2, 0.25) is 0 Å². The zero-order valence-electron chi connectivity index (χ0n) is 64.4. The number of carbonyl (C=O) groups excluding carboxylic acids is 4. The maximum atomic E-state index is 12.5. The lowest BCUT2D eigenvalue weighted by Crippen LogP contribution is -2.35. The van der Waals surface area contributed by atoms with Gasteiger partial charge in [-0.25, -0.2) is 29.0 Å². The van der Waals surface area contributed by atoms with Crippen LogP contribution in [0.5, 0.6) is 17.2 Å². The van der Waals surface area contributed by atoms with Crippen LogP contribution in [0.15, 0.2) is 115 Å². The fourth-order valence-electron chi connectivity index (χ4n) is 6.63. The average molecular weight is 1800 g/mol. The molecule has 5 aromatic carbocycles. The van der Waals surface area contributed by atoms with Crippen molar-refractivity contribution in [2.45, 2.75) is 145 Å². The number of ether oxygens (including phenoxy) is 6. The van der Waals surface area contributed by atoms with Crippen LogP contribution in [0, 0.1) is 60.7 Å². The second kappa shape index (κ2) is 58.3. The minimum Gasteiger partial charge on any atom is -0.502 e. The lowest BCUT2D eigenvalue weighted by Gasteiger charge is -2.21. The largest absolute Gasteiger partial charge is 0.502 e. The topological polar surface area (TPSA) is 629 Å². The van der Waals surface area contributed by atoms with E-state index in [0.717, 1.165) is 67.8 Å². The predicted octanol–water partition coefficient (Wildman–Crippen LogP) is 13.5. The van der Waals surface area contributed by atoms with Gasteiger partial charge >= 0.3 is 70.3 Å². The molecule has 648 valence electrons. The second-order valence-electron chi connectivity index (χ2n) is 22.5. The normalized spacial score (nSPS) is 13.1. The van der Waals surface area contributed by atoms with E-state index in [1.54, 1.807) is 69.2 Å². The van der Waals surface area contributed by atoms with Gasteiger partial charge in [0.15, 0.2) is 30.1 Å². The van der Waals surface area contributed by atoms with Crippen molar-refractivity contribution in [3.05, 3.63) is 187 Å². The van der Waals surface area contributed by atoms with Crippen LogP contribution in [-0.4, -0.2) is 158 Å². The third-order valence-electron chi connectivity index (χ3n) is 11.8. The van der Waals surface area contributed by atoms with Gasteiger partial charge in [-0.2, -0.15) is 0 Å². The standard InChI is InChI=1S/C14H20N3O10P.C14H22NO5P.C7H5ClN2O5.C7H16NO5P.C7H8O.C6H4N2O5.C6H13NO2.CH3Cl2O2P.ClH/c1-9(2)27-14(18)10(3)15-28(23,24-4)26-8-25-13-6-5-11(16(19)20)7-12(13)17(21)22;1-11(2)20-14(16)12(3)15-21(17,18-4)19-10-13-8-6-5-7-9-13;8-4-15-7-2-1-5(9(11)12)3-6(7)10(13)14;1-5(2)13-7(9)6(3)8-14(10,11)12-4;8-6-7-4-2-1-3-5-7;9-6-2-1-4(7(10)11)3-5(6)8(12)13;1-4(2)9-6(8)5(3)7;1-5-6(2,3)4;/h5-7,9-10H,8H2,1-4H3,(H,15,23);5-9,11-12H,10H2,1-4H3,(H,15,17);1-3H,4H2;5-6H,1-4H3,(H2,8,10,11);1-5,8H,6H2;1-3,9H;4-5H,7H2,1-3H3;1H3;1H/t10-,28?;12-,21?;;6-;;;5-;;/m00.0..0../s1. The fourth-order valence-corrected chi connectivity index (χ4v) is 9.69. The molecule has 0 aromatic heterocycles. The van der Waals surface area contributed by atoms with E-state index >= 15 is 0 Å². The molecule has 3 unspecified atom stereocenters. The van der Waals surface area contributed by atoms with Gasteiger partial charge in [-0.3, -0.25) is 93.5 Å². The number of esters is 4. The molecule has 0 radical (unpaired) electrons. The monoisotopic (exact) mass is 1800 g/mol. The van der Waals surface area contributed by atoms with Gasteiger partial charge in [0, 0.05) is 46.6 Å². The van der Waals surface area contributed by atoms with E-state index < -0.39 is 142 Å². The number of aromatic hydroxyl groups is 1. The summed E-state index contributed by atoms with van der Waals surface area (Å²) in [6, 6.07) is 23.7. The van der Waals surface area contributed by atoms with Crippen LogP contribution in [0.25, 0.3) is 0 Å². The van der Waals surface area contributed by atoms with Crippen LogP contribution < -0.4 is 30.5 Å². The molecule has 0 spiro atoms. The number of aliphatic hydroxyl groups is 1. The molecular weight excluding hydrogens is 1710 g/mol. The number of aliphatic hydroxyl groups excluding tert-OH is 1. The summed E-state index contributed by atoms with van der Waals surface area (Å²) in [5.74, 6) is -3.16. The van der Waals surface area contributed by atoms with Gasteiger partial charge in [-0.15, -0.1) is 12.4 Å². The Kier molecular flexibility index (Phi) is 57.1. The van der Waals surface area contributed by atoms with Gasteiger partial charge in [0.05, 0.1) is 85.4 Å². The molecule has 53 heteroatoms. The molecule has 5 rings (SSSR count). The molecule has 5 aromatic rings. The average Bonchev–Trinajstić information content (AvgIpc) is 0.848. The third-order valence-corrected chi connectivity index (χ3v) is 17.7. The number of alkyl halides is 1. The number of nitrogens with one attached hydrogen (secondary N) is 3. The van der Waals surface area contributed by atoms with Crippen LogP contribution in [-0.2, 0) is 96.7 Å². The smallest absolute Gasteiger partial charge is 0.408 e. The first-order chi connectivity index (χ1) is 52.7. The minimum absolute atomic E-state index is 0. The van der Waals surface area contributed by atoms with Gasteiger partial charge in [-0.05, 0) is 135 Å². The number of hydrogen-bond acceptors (Lipinski definition) is 35. The Bertz CT molecular complexity index is 4070. The number of halogens is 4. The number of phenols is 1. The van der Waals surface area contributed by atoms with E-state index in [1.165, 1.54) is 28.1 Å². The van der Waals surface area contributed by atoms with Crippen molar-refractivity contribution in [2.75, 3.05) is 41.3 Å². The third kappa shape index (κ3) is 51.9. The number of phenolic OH excluding ortho intramolecular Hbond substituents is 1. The van der Waals surface area contributed by atoms with Gasteiger partial charge in [0.1, 0.15) is 24.2 Å². The Balaban J connectivity index is -0.000000637. The van der Waals surface area contributed by atoms with Crippen molar-refractivity contribution in [3.8, 4) is 17.2 Å². The highest BCUT2D eigenvalue weighted by Crippen LogP contribution is 2.56. The highest BCUT2D eigenvalue weighted by atomic mass is 35.9. The molecule has 0 aliphatic carbocycles. The van der Waals surface area contributed by atoms with Crippen LogP contribution in [0.3, 0.4) is 0 Å². The Labute approximate surface area is 679 Å². The molecule has 7 atom stereocenters. The van der Waals surface area contributed by atoms with Crippen LogP contribution >= 0.6 is 75.8 Å². The number of hydrogen-bond donors (Lipinski definition) is 7. The molecule has 0 fully saturated rings. The molecule has 8 N–H and O–H groups in total. The Hall–Kier alpha value is -8.62. The Morgan fingerprint density at radius 2 is 0.783 bits per heavy atom. The second-order valence-corrected chi connectivity index (χ2v) is 32.5.